The van der Waals surface area contributed by atoms with Crippen molar-refractivity contribution in [3.8, 4) is 11.1 Å². The number of hydrogen-bond donors (Lipinski definition) is 2. The highest BCUT2D eigenvalue weighted by molar-refractivity contribution is 5.90. The van der Waals surface area contributed by atoms with Gasteiger partial charge in [0.15, 0.2) is 0 Å². The molecule has 2 N–H and O–H groups in total. The van der Waals surface area contributed by atoms with Crippen LogP contribution in [0.15, 0.2) is 36.5 Å². The highest BCUT2D eigenvalue weighted by atomic mass is 19.1. The average molecular weight is 385 g/mol. The predicted octanol–water partition coefficient (Wildman–Crippen LogP) is 3.26. The Bertz CT molecular complexity index is 843. The van der Waals surface area contributed by atoms with Crippen molar-refractivity contribution in [3.05, 3.63) is 42.3 Å². The summed E-state index contributed by atoms with van der Waals surface area (Å²) in [6.07, 6.45) is 2.99. The van der Waals surface area contributed by atoms with Crippen molar-refractivity contribution in [2.75, 3.05) is 36.5 Å². The lowest BCUT2D eigenvalue weighted by atomic mass is 10.1. The van der Waals surface area contributed by atoms with Crippen LogP contribution in [0, 0.1) is 11.2 Å². The molecular formula is C20H24FN5O2. The molecule has 1 aromatic heterocycles. The molecule has 1 aliphatic heterocycles. The number of carbonyl (C=O) groups excluding carboxylic acids is 1. The minimum atomic E-state index is -0.471. The number of anilines is 2. The van der Waals surface area contributed by atoms with Crippen LogP contribution in [-0.4, -0.2) is 50.2 Å². The number of rotatable bonds is 8. The smallest absolute Gasteiger partial charge is 0.414 e. The number of hydrogen-bond acceptors (Lipinski definition) is 5. The molecule has 0 spiro atoms. The second kappa shape index (κ2) is 8.79. The lowest BCUT2D eigenvalue weighted by molar-refractivity contribution is 0.141. The van der Waals surface area contributed by atoms with Crippen molar-refractivity contribution >= 4 is 23.9 Å². The first-order chi connectivity index (χ1) is 13.6. The summed E-state index contributed by atoms with van der Waals surface area (Å²) in [4.78, 5) is 19.5. The van der Waals surface area contributed by atoms with E-state index in [1.807, 2.05) is 6.92 Å². The number of aromatic nitrogens is 1. The van der Waals surface area contributed by atoms with Crippen molar-refractivity contribution in [2.24, 2.45) is 0 Å². The highest BCUT2D eigenvalue weighted by Crippen LogP contribution is 2.29. The Balaban J connectivity index is 1.79. The molecule has 8 heteroatoms. The molecule has 1 saturated heterocycles. The fourth-order valence-corrected chi connectivity index (χ4v) is 3.17. The van der Waals surface area contributed by atoms with E-state index in [1.54, 1.807) is 42.4 Å². The van der Waals surface area contributed by atoms with Gasteiger partial charge < -0.3 is 15.0 Å². The maximum absolute atomic E-state index is 14.7. The predicted molar refractivity (Wildman–Crippen MR) is 108 cm³/mol. The number of ether oxygens (including phenoxy) is 1. The van der Waals surface area contributed by atoms with Crippen molar-refractivity contribution in [2.45, 2.75) is 19.4 Å². The molecule has 0 bridgehead atoms. The highest BCUT2D eigenvalue weighted by Gasteiger charge is 2.32. The normalized spacial score (nSPS) is 16.2. The van der Waals surface area contributed by atoms with Crippen molar-refractivity contribution in [3.63, 3.8) is 0 Å². The largest absolute Gasteiger partial charge is 0.443 e. The van der Waals surface area contributed by atoms with E-state index in [4.69, 9.17) is 10.1 Å². The van der Waals surface area contributed by atoms with E-state index in [2.05, 4.69) is 10.3 Å². The molecule has 1 aromatic carbocycles. The van der Waals surface area contributed by atoms with E-state index in [0.717, 1.165) is 6.42 Å². The number of nitrogens with one attached hydrogen (secondary N) is 2. The van der Waals surface area contributed by atoms with Crippen molar-refractivity contribution < 1.29 is 13.9 Å². The fourth-order valence-electron chi connectivity index (χ4n) is 3.17. The zero-order chi connectivity index (χ0) is 20.1. The topological polar surface area (TPSA) is 81.5 Å². The molecule has 1 amide bonds. The van der Waals surface area contributed by atoms with Gasteiger partial charge in [-0.25, -0.2) is 14.2 Å². The third-order valence-electron chi connectivity index (χ3n) is 4.54. The Labute approximate surface area is 163 Å². The van der Waals surface area contributed by atoms with Crippen LogP contribution in [0.1, 0.15) is 13.3 Å². The molecule has 1 fully saturated rings. The van der Waals surface area contributed by atoms with Gasteiger partial charge in [0.05, 0.1) is 18.6 Å². The number of nitrogens with zero attached hydrogens (tertiary/aromatic N) is 3. The van der Waals surface area contributed by atoms with E-state index in [-0.39, 0.29) is 6.10 Å². The number of pyridine rings is 1. The minimum Gasteiger partial charge on any atom is -0.443 e. The zero-order valence-corrected chi connectivity index (χ0v) is 16.0. The lowest BCUT2D eigenvalue weighted by Crippen LogP contribution is -2.29. The van der Waals surface area contributed by atoms with Gasteiger partial charge in [-0.05, 0) is 43.8 Å². The van der Waals surface area contributed by atoms with Crippen LogP contribution in [0.4, 0.5) is 20.7 Å². The first kappa shape index (κ1) is 19.8. The average Bonchev–Trinajstić information content (AvgIpc) is 3.07. The van der Waals surface area contributed by atoms with E-state index in [1.165, 1.54) is 17.3 Å². The summed E-state index contributed by atoms with van der Waals surface area (Å²) >= 11 is 0. The standard InChI is InChI=1S/C20H24FN5O2/c1-3-8-25(13-22)19-7-4-14(10-24-19)17-6-5-15(9-18(17)21)26-12-16(11-23-2)28-20(26)27/h4-7,9-10,13,16,22-23H,3,8,11-12H2,1-2H3. The van der Waals surface area contributed by atoms with E-state index >= 15 is 0 Å². The molecular weight excluding hydrogens is 361 g/mol. The van der Waals surface area contributed by atoms with Gasteiger partial charge in [-0.2, -0.15) is 0 Å². The third-order valence-corrected chi connectivity index (χ3v) is 4.54. The molecule has 0 aliphatic carbocycles. The number of cyclic esters (lactones) is 1. The lowest BCUT2D eigenvalue weighted by Gasteiger charge is -2.17. The van der Waals surface area contributed by atoms with E-state index in [9.17, 15) is 9.18 Å². The minimum absolute atomic E-state index is 0.253. The molecule has 3 rings (SSSR count). The Morgan fingerprint density at radius 2 is 2.25 bits per heavy atom. The van der Waals surface area contributed by atoms with Gasteiger partial charge in [0, 0.05) is 30.4 Å². The Morgan fingerprint density at radius 3 is 2.86 bits per heavy atom. The molecule has 2 aromatic rings. The molecule has 0 radical (unpaired) electrons. The summed E-state index contributed by atoms with van der Waals surface area (Å²) < 4.78 is 20.0. The van der Waals surface area contributed by atoms with Gasteiger partial charge in [-0.3, -0.25) is 10.3 Å². The number of benzene rings is 1. The first-order valence-corrected chi connectivity index (χ1v) is 9.23. The van der Waals surface area contributed by atoms with Crippen LogP contribution in [-0.2, 0) is 4.74 Å². The van der Waals surface area contributed by atoms with Gasteiger partial charge in [-0.1, -0.05) is 6.92 Å². The summed E-state index contributed by atoms with van der Waals surface area (Å²) in [6, 6.07) is 8.23. The second-order valence-electron chi connectivity index (χ2n) is 6.57. The SMILES string of the molecule is CCCN(C=N)c1ccc(-c2ccc(N3CC(CNC)OC3=O)cc2F)cn1. The second-order valence-corrected chi connectivity index (χ2v) is 6.57. The van der Waals surface area contributed by atoms with E-state index < -0.39 is 11.9 Å². The van der Waals surface area contributed by atoms with E-state index in [0.29, 0.717) is 42.3 Å². The maximum atomic E-state index is 14.7. The van der Waals surface area contributed by atoms with Crippen LogP contribution < -0.4 is 15.1 Å². The third kappa shape index (κ3) is 4.12. The molecule has 0 saturated carbocycles. The maximum Gasteiger partial charge on any atom is 0.414 e. The first-order valence-electron chi connectivity index (χ1n) is 9.23. The number of amides is 1. The van der Waals surface area contributed by atoms with Gasteiger partial charge in [0.1, 0.15) is 17.7 Å². The Hall–Kier alpha value is -3.00. The zero-order valence-electron chi connectivity index (χ0n) is 16.0. The molecule has 2 heterocycles. The van der Waals surface area contributed by atoms with Crippen LogP contribution in [0.3, 0.4) is 0 Å². The molecule has 7 nitrogen and oxygen atoms in total. The number of carbonyl (C=O) groups is 1. The van der Waals surface area contributed by atoms with Gasteiger partial charge in [0.25, 0.3) is 0 Å². The van der Waals surface area contributed by atoms with Gasteiger partial charge >= 0.3 is 6.09 Å². The van der Waals surface area contributed by atoms with Crippen molar-refractivity contribution in [1.82, 2.24) is 10.3 Å². The molecule has 1 atom stereocenters. The monoisotopic (exact) mass is 385 g/mol. The number of halogens is 1. The molecule has 1 unspecified atom stereocenters. The van der Waals surface area contributed by atoms with Gasteiger partial charge in [-0.15, -0.1) is 0 Å². The summed E-state index contributed by atoms with van der Waals surface area (Å²) in [5.41, 5.74) is 1.50. The van der Waals surface area contributed by atoms with Crippen molar-refractivity contribution in [1.29, 1.82) is 5.41 Å². The van der Waals surface area contributed by atoms with Gasteiger partial charge in [0.2, 0.25) is 0 Å². The Kier molecular flexibility index (Phi) is 6.20. The van der Waals surface area contributed by atoms with Crippen LogP contribution in [0.25, 0.3) is 11.1 Å². The molecule has 28 heavy (non-hydrogen) atoms. The van der Waals surface area contributed by atoms with Crippen LogP contribution in [0.5, 0.6) is 0 Å². The fraction of sp³-hybridized carbons (Fsp3) is 0.350. The van der Waals surface area contributed by atoms with Crippen LogP contribution in [0.2, 0.25) is 0 Å². The summed E-state index contributed by atoms with van der Waals surface area (Å²) in [5.74, 6) is 0.211. The van der Waals surface area contributed by atoms with Crippen LogP contribution >= 0.6 is 0 Å². The molecule has 148 valence electrons. The summed E-state index contributed by atoms with van der Waals surface area (Å²) in [6.45, 7) is 3.65. The quantitative estimate of drug-likeness (QED) is 0.538. The number of likely N-dealkylation sites (N-methyl/N-ethyl adjacent to an activating group) is 1. The summed E-state index contributed by atoms with van der Waals surface area (Å²) in [5, 5.41) is 10.4. The summed E-state index contributed by atoms with van der Waals surface area (Å²) in [7, 11) is 1.79. The molecule has 1 aliphatic rings. The Morgan fingerprint density at radius 1 is 1.43 bits per heavy atom.